The number of methoxy groups -OCH3 is 1. The standard InChI is InChI=1S/C14H19N3O/c1-18-12-6-5-11(9-16)14(7-12)17-13-4-2-3-10(13)8-15/h5-7,10,13,17H,2-4,8,15H2,1H3. The first-order valence-electron chi connectivity index (χ1n) is 6.33. The Kier molecular flexibility index (Phi) is 4.06. The van der Waals surface area contributed by atoms with E-state index in [0.29, 0.717) is 24.1 Å². The van der Waals surface area contributed by atoms with Crippen LogP contribution in [0.1, 0.15) is 24.8 Å². The molecule has 0 aliphatic heterocycles. The summed E-state index contributed by atoms with van der Waals surface area (Å²) in [7, 11) is 1.63. The zero-order valence-electron chi connectivity index (χ0n) is 10.6. The molecule has 0 saturated heterocycles. The molecule has 0 aromatic heterocycles. The minimum Gasteiger partial charge on any atom is -0.497 e. The summed E-state index contributed by atoms with van der Waals surface area (Å²) in [5, 5.41) is 12.6. The molecule has 2 unspecified atom stereocenters. The van der Waals surface area contributed by atoms with Crippen LogP contribution in [0.15, 0.2) is 18.2 Å². The Balaban J connectivity index is 2.19. The van der Waals surface area contributed by atoms with Gasteiger partial charge in [-0.1, -0.05) is 6.42 Å². The summed E-state index contributed by atoms with van der Waals surface area (Å²) < 4.78 is 5.20. The van der Waals surface area contributed by atoms with E-state index in [9.17, 15) is 0 Å². The monoisotopic (exact) mass is 245 g/mol. The number of rotatable bonds is 4. The number of nitrogens with one attached hydrogen (secondary N) is 1. The Morgan fingerprint density at radius 1 is 1.50 bits per heavy atom. The summed E-state index contributed by atoms with van der Waals surface area (Å²) in [5.41, 5.74) is 7.28. The lowest BCUT2D eigenvalue weighted by Crippen LogP contribution is -2.29. The fourth-order valence-electron chi connectivity index (χ4n) is 2.58. The van der Waals surface area contributed by atoms with Gasteiger partial charge in [0.25, 0.3) is 0 Å². The van der Waals surface area contributed by atoms with Crippen LogP contribution >= 0.6 is 0 Å². The van der Waals surface area contributed by atoms with Gasteiger partial charge in [0.1, 0.15) is 11.8 Å². The van der Waals surface area contributed by atoms with Gasteiger partial charge in [0.05, 0.1) is 18.4 Å². The van der Waals surface area contributed by atoms with Crippen LogP contribution in [0.25, 0.3) is 0 Å². The highest BCUT2D eigenvalue weighted by molar-refractivity contribution is 5.61. The van der Waals surface area contributed by atoms with Crippen LogP contribution in [-0.2, 0) is 0 Å². The number of benzene rings is 1. The summed E-state index contributed by atoms with van der Waals surface area (Å²) in [4.78, 5) is 0. The maximum absolute atomic E-state index is 9.12. The van der Waals surface area contributed by atoms with Crippen molar-refractivity contribution in [2.45, 2.75) is 25.3 Å². The van der Waals surface area contributed by atoms with Crippen molar-refractivity contribution in [3.05, 3.63) is 23.8 Å². The van der Waals surface area contributed by atoms with Crippen LogP contribution in [-0.4, -0.2) is 19.7 Å². The molecule has 0 bridgehead atoms. The minimum absolute atomic E-state index is 0.370. The molecule has 1 aromatic carbocycles. The maximum Gasteiger partial charge on any atom is 0.121 e. The van der Waals surface area contributed by atoms with E-state index in [-0.39, 0.29) is 0 Å². The molecule has 1 aliphatic carbocycles. The molecule has 0 heterocycles. The van der Waals surface area contributed by atoms with Gasteiger partial charge in [-0.05, 0) is 37.4 Å². The summed E-state index contributed by atoms with van der Waals surface area (Å²) in [5.74, 6) is 1.27. The Labute approximate surface area is 108 Å². The van der Waals surface area contributed by atoms with Gasteiger partial charge in [0.15, 0.2) is 0 Å². The lowest BCUT2D eigenvalue weighted by molar-refractivity contribution is 0.415. The Bertz CT molecular complexity index is 453. The lowest BCUT2D eigenvalue weighted by Gasteiger charge is -2.21. The molecule has 0 radical (unpaired) electrons. The molecule has 1 saturated carbocycles. The third-order valence-electron chi connectivity index (χ3n) is 3.65. The first-order chi connectivity index (χ1) is 8.78. The SMILES string of the molecule is COc1ccc(C#N)c(NC2CCCC2CN)c1. The predicted molar refractivity (Wildman–Crippen MR) is 71.5 cm³/mol. The normalized spacial score (nSPS) is 22.5. The van der Waals surface area contributed by atoms with Gasteiger partial charge in [0, 0.05) is 12.1 Å². The first kappa shape index (κ1) is 12.7. The van der Waals surface area contributed by atoms with E-state index in [2.05, 4.69) is 11.4 Å². The molecule has 4 nitrogen and oxygen atoms in total. The summed E-state index contributed by atoms with van der Waals surface area (Å²) in [6.45, 7) is 0.698. The van der Waals surface area contributed by atoms with Crippen molar-refractivity contribution in [2.24, 2.45) is 11.7 Å². The number of nitrogens with two attached hydrogens (primary N) is 1. The van der Waals surface area contributed by atoms with Crippen LogP contribution in [0.2, 0.25) is 0 Å². The van der Waals surface area contributed by atoms with E-state index in [4.69, 9.17) is 15.7 Å². The van der Waals surface area contributed by atoms with Crippen LogP contribution in [0.4, 0.5) is 5.69 Å². The molecule has 2 atom stereocenters. The van der Waals surface area contributed by atoms with Gasteiger partial charge in [0.2, 0.25) is 0 Å². The predicted octanol–water partition coefficient (Wildman–Crippen LogP) is 2.11. The van der Waals surface area contributed by atoms with Crippen LogP contribution in [0.5, 0.6) is 5.75 Å². The Morgan fingerprint density at radius 2 is 2.33 bits per heavy atom. The zero-order valence-corrected chi connectivity index (χ0v) is 10.6. The van der Waals surface area contributed by atoms with Crippen molar-refractivity contribution in [1.82, 2.24) is 0 Å². The fraction of sp³-hybridized carbons (Fsp3) is 0.500. The molecule has 4 heteroatoms. The maximum atomic E-state index is 9.12. The van der Waals surface area contributed by atoms with Gasteiger partial charge in [-0.15, -0.1) is 0 Å². The third kappa shape index (κ3) is 2.57. The molecule has 18 heavy (non-hydrogen) atoms. The highest BCUT2D eigenvalue weighted by Gasteiger charge is 2.26. The van der Waals surface area contributed by atoms with Crippen molar-refractivity contribution in [1.29, 1.82) is 5.26 Å². The van der Waals surface area contributed by atoms with Crippen LogP contribution < -0.4 is 15.8 Å². The molecule has 1 aromatic rings. The number of nitriles is 1. The van der Waals surface area contributed by atoms with Gasteiger partial charge in [-0.2, -0.15) is 5.26 Å². The number of hydrogen-bond donors (Lipinski definition) is 2. The fourth-order valence-corrected chi connectivity index (χ4v) is 2.58. The minimum atomic E-state index is 0.370. The van der Waals surface area contributed by atoms with Gasteiger partial charge >= 0.3 is 0 Å². The molecular weight excluding hydrogens is 226 g/mol. The second-order valence-electron chi connectivity index (χ2n) is 4.70. The van der Waals surface area contributed by atoms with Crippen molar-refractivity contribution in [3.8, 4) is 11.8 Å². The number of ether oxygens (including phenoxy) is 1. The largest absolute Gasteiger partial charge is 0.497 e. The Hall–Kier alpha value is -1.73. The molecule has 1 fully saturated rings. The van der Waals surface area contributed by atoms with Crippen LogP contribution in [0.3, 0.4) is 0 Å². The van der Waals surface area contributed by atoms with Crippen molar-refractivity contribution < 1.29 is 4.74 Å². The van der Waals surface area contributed by atoms with Gasteiger partial charge < -0.3 is 15.8 Å². The molecule has 2 rings (SSSR count). The molecular formula is C14H19N3O. The average Bonchev–Trinajstić information content (AvgIpc) is 2.86. The van der Waals surface area contributed by atoms with E-state index in [0.717, 1.165) is 17.9 Å². The van der Waals surface area contributed by atoms with Gasteiger partial charge in [-0.25, -0.2) is 0 Å². The molecule has 0 amide bonds. The van der Waals surface area contributed by atoms with E-state index in [1.54, 1.807) is 19.2 Å². The van der Waals surface area contributed by atoms with E-state index < -0.39 is 0 Å². The number of nitrogens with zero attached hydrogens (tertiary/aromatic N) is 1. The molecule has 0 spiro atoms. The highest BCUT2D eigenvalue weighted by Crippen LogP contribution is 2.30. The number of anilines is 1. The zero-order chi connectivity index (χ0) is 13.0. The van der Waals surface area contributed by atoms with Gasteiger partial charge in [-0.3, -0.25) is 0 Å². The van der Waals surface area contributed by atoms with E-state index in [1.165, 1.54) is 12.8 Å². The second-order valence-corrected chi connectivity index (χ2v) is 4.70. The average molecular weight is 245 g/mol. The molecule has 96 valence electrons. The Morgan fingerprint density at radius 3 is 3.00 bits per heavy atom. The molecule has 1 aliphatic rings. The van der Waals surface area contributed by atoms with E-state index in [1.807, 2.05) is 6.07 Å². The third-order valence-corrected chi connectivity index (χ3v) is 3.65. The topological polar surface area (TPSA) is 71.1 Å². The second kappa shape index (κ2) is 5.74. The lowest BCUT2D eigenvalue weighted by atomic mass is 10.0. The summed E-state index contributed by atoms with van der Waals surface area (Å²) in [6, 6.07) is 8.04. The smallest absolute Gasteiger partial charge is 0.121 e. The number of hydrogen-bond acceptors (Lipinski definition) is 4. The molecule has 3 N–H and O–H groups in total. The van der Waals surface area contributed by atoms with Crippen molar-refractivity contribution in [3.63, 3.8) is 0 Å². The summed E-state index contributed by atoms with van der Waals surface area (Å²) >= 11 is 0. The van der Waals surface area contributed by atoms with Crippen LogP contribution in [0, 0.1) is 17.2 Å². The van der Waals surface area contributed by atoms with Crippen molar-refractivity contribution >= 4 is 5.69 Å². The first-order valence-corrected chi connectivity index (χ1v) is 6.33. The highest BCUT2D eigenvalue weighted by atomic mass is 16.5. The quantitative estimate of drug-likeness (QED) is 0.852. The van der Waals surface area contributed by atoms with Crippen molar-refractivity contribution in [2.75, 3.05) is 19.0 Å². The summed E-state index contributed by atoms with van der Waals surface area (Å²) in [6.07, 6.45) is 3.48. The van der Waals surface area contributed by atoms with E-state index >= 15 is 0 Å².